The largest absolute Gasteiger partial charge is 0.351 e. The molecule has 0 unspecified atom stereocenters. The van der Waals surface area contributed by atoms with Gasteiger partial charge in [0.05, 0.1) is 6.04 Å². The van der Waals surface area contributed by atoms with Gasteiger partial charge in [-0.2, -0.15) is 0 Å². The summed E-state index contributed by atoms with van der Waals surface area (Å²) in [4.78, 5) is 31.0. The molecule has 21 heteroatoms. The zero-order chi connectivity index (χ0) is 36.5. The molecule has 6 nitrogen and oxygen atoms in total. The van der Waals surface area contributed by atoms with Gasteiger partial charge in [-0.05, 0) is 59.6 Å². The van der Waals surface area contributed by atoms with E-state index in [1.54, 1.807) is 109 Å². The molecule has 50 heavy (non-hydrogen) atoms. The number of piperidine rings is 1. The van der Waals surface area contributed by atoms with E-state index in [1.165, 1.54) is 42.0 Å². The van der Waals surface area contributed by atoms with Gasteiger partial charge in [0.15, 0.2) is 0 Å². The number of nitrogens with two attached hydrogens (primary N) is 1. The summed E-state index contributed by atoms with van der Waals surface area (Å²) < 4.78 is 27.5. The number of rotatable bonds is 5. The minimum absolute atomic E-state index is 0.0251. The molecule has 2 fully saturated rings. The molecule has 2 aromatic carbocycles. The minimum atomic E-state index is -0.398. The van der Waals surface area contributed by atoms with E-state index in [2.05, 4.69) is 25.7 Å². The highest BCUT2D eigenvalue weighted by atomic mass is 33.5. The summed E-state index contributed by atoms with van der Waals surface area (Å²) in [6.45, 7) is 9.53. The second kappa shape index (κ2) is 23.6. The Kier molecular flexibility index (Phi) is 20.9. The molecular formula is C29H38F2N4O2S13. The molecule has 0 aliphatic carbocycles. The van der Waals surface area contributed by atoms with Crippen LogP contribution in [0.15, 0.2) is 48.5 Å². The van der Waals surface area contributed by atoms with Crippen LogP contribution in [0.5, 0.6) is 0 Å². The van der Waals surface area contributed by atoms with E-state index in [4.69, 9.17) is 28.1 Å². The van der Waals surface area contributed by atoms with Crippen molar-refractivity contribution < 1.29 is 18.4 Å². The number of halogens is 2. The van der Waals surface area contributed by atoms with Crippen LogP contribution in [0, 0.1) is 23.0 Å². The average molecular weight is 930 g/mol. The number of hydrogen-bond donors (Lipinski definition) is 1. The first kappa shape index (κ1) is 44.3. The number of benzene rings is 2. The number of urea groups is 1. The number of carbonyl (C=O) groups is 2. The Labute approximate surface area is 334 Å². The maximum absolute atomic E-state index is 13.7. The Morgan fingerprint density at radius 3 is 1.60 bits per heavy atom. The van der Waals surface area contributed by atoms with Crippen molar-refractivity contribution in [3.05, 3.63) is 71.3 Å². The van der Waals surface area contributed by atoms with Gasteiger partial charge in [0.1, 0.15) is 11.6 Å². The highest BCUT2D eigenvalue weighted by Crippen LogP contribution is 2.36. The van der Waals surface area contributed by atoms with Crippen LogP contribution >= 0.6 is 0 Å². The summed E-state index contributed by atoms with van der Waals surface area (Å²) in [5.74, 6) is -0.206. The fraction of sp³-hybridized carbons (Fsp3) is 0.517. The lowest BCUT2D eigenvalue weighted by Gasteiger charge is -2.50. The van der Waals surface area contributed by atoms with E-state index >= 15 is 0 Å². The topological polar surface area (TPSA) is 69.9 Å². The van der Waals surface area contributed by atoms with Gasteiger partial charge >= 0.3 is 6.03 Å². The molecule has 0 aromatic heterocycles. The lowest BCUT2D eigenvalue weighted by molar-refractivity contribution is -0.141. The normalized spacial score (nSPS) is 16.6. The summed E-state index contributed by atoms with van der Waals surface area (Å²) in [6, 6.07) is 12.3. The molecule has 0 saturated carbocycles. The zero-order valence-corrected chi connectivity index (χ0v) is 37.9. The molecule has 2 aliphatic rings. The van der Waals surface area contributed by atoms with Crippen LogP contribution in [0.2, 0.25) is 0 Å². The Hall–Kier alpha value is -0.140. The summed E-state index contributed by atoms with van der Waals surface area (Å²) in [5, 5.41) is 0. The summed E-state index contributed by atoms with van der Waals surface area (Å²) >= 11 is 9.40. The Bertz CT molecular complexity index is 1860. The van der Waals surface area contributed by atoms with Crippen molar-refractivity contribution in [3.63, 3.8) is 0 Å². The fourth-order valence-corrected chi connectivity index (χ4v) is 30.5. The van der Waals surface area contributed by atoms with E-state index in [1.807, 2.05) is 4.90 Å². The van der Waals surface area contributed by atoms with Gasteiger partial charge < -0.3 is 15.5 Å². The number of amides is 3. The van der Waals surface area contributed by atoms with Crippen LogP contribution in [0.25, 0.3) is 0 Å². The van der Waals surface area contributed by atoms with E-state index in [0.717, 1.165) is 24.0 Å². The SMILES string of the molecule is CC(C)(C)[C@H]1CN(C(c2ccc(F)cc2)c2ccc(F)cc2)CCN1C(=O)CC1CCN(C(N)=O)CC1.S=S=S=S=S=S=S=S=S=S=S=S=S. The van der Waals surface area contributed by atoms with E-state index in [-0.39, 0.29) is 41.0 Å². The quantitative estimate of drug-likeness (QED) is 0.469. The van der Waals surface area contributed by atoms with Gasteiger partial charge in [-0.1, -0.05) is 45.0 Å². The lowest BCUT2D eigenvalue weighted by atomic mass is 9.82. The predicted octanol–water partition coefficient (Wildman–Crippen LogP) is 4.76. The Balaban J connectivity index is 0.000000442. The molecule has 3 amide bonds. The molecule has 1 atom stereocenters. The molecule has 2 saturated heterocycles. The van der Waals surface area contributed by atoms with E-state index in [9.17, 15) is 18.4 Å². The van der Waals surface area contributed by atoms with Crippen LogP contribution in [-0.2, 0) is 125 Å². The maximum atomic E-state index is 13.7. The molecular weight excluding hydrogens is 891 g/mol. The van der Waals surface area contributed by atoms with Gasteiger partial charge in [-0.25, -0.2) is 13.6 Å². The van der Waals surface area contributed by atoms with Crippen LogP contribution in [0.1, 0.15) is 57.2 Å². The minimum Gasteiger partial charge on any atom is -0.351 e. The summed E-state index contributed by atoms with van der Waals surface area (Å²) in [7, 11) is 18.1. The fourth-order valence-electron chi connectivity index (χ4n) is 5.81. The zero-order valence-electron chi connectivity index (χ0n) is 27.3. The molecule has 2 aliphatic heterocycles. The number of hydrogen-bond acceptors (Lipinski definition) is 5. The van der Waals surface area contributed by atoms with Gasteiger partial charge in [0.25, 0.3) is 0 Å². The number of primary amides is 1. The maximum Gasteiger partial charge on any atom is 0.314 e. The van der Waals surface area contributed by atoms with Gasteiger partial charge in [0, 0.05) is 165 Å². The number of likely N-dealkylation sites (tertiary alicyclic amines) is 1. The second-order valence-corrected chi connectivity index (χ2v) is 31.7. The van der Waals surface area contributed by atoms with Crippen LogP contribution < -0.4 is 5.73 Å². The third-order valence-electron chi connectivity index (χ3n) is 8.14. The van der Waals surface area contributed by atoms with Crippen LogP contribution in [0.3, 0.4) is 0 Å². The van der Waals surface area contributed by atoms with Crippen molar-refractivity contribution in [2.75, 3.05) is 32.7 Å². The lowest BCUT2D eigenvalue weighted by Crippen LogP contribution is -2.60. The molecule has 0 spiro atoms. The third-order valence-corrected chi connectivity index (χ3v) is 30.4. The van der Waals surface area contributed by atoms with Crippen LogP contribution in [0.4, 0.5) is 13.6 Å². The average Bonchev–Trinajstić information content (AvgIpc) is 3.09. The second-order valence-electron chi connectivity index (χ2n) is 12.2. The van der Waals surface area contributed by atoms with Crippen molar-refractivity contribution >= 4 is 132 Å². The third kappa shape index (κ3) is 15.3. The van der Waals surface area contributed by atoms with Gasteiger partial charge in [-0.3, -0.25) is 9.69 Å². The van der Waals surface area contributed by atoms with E-state index < -0.39 is 6.03 Å². The summed E-state index contributed by atoms with van der Waals surface area (Å²) in [5.41, 5.74) is 7.10. The van der Waals surface area contributed by atoms with E-state index in [0.29, 0.717) is 39.1 Å². The first-order chi connectivity index (χ1) is 23.9. The first-order valence-corrected chi connectivity index (χ1v) is 31.1. The first-order valence-electron chi connectivity index (χ1n) is 15.1. The molecule has 2 aromatic rings. The smallest absolute Gasteiger partial charge is 0.314 e. The molecule has 0 radical (unpaired) electrons. The van der Waals surface area contributed by atoms with Gasteiger partial charge in [-0.15, -0.1) is 0 Å². The molecule has 2 N–H and O–H groups in total. The summed E-state index contributed by atoms with van der Waals surface area (Å²) in [6.07, 6.45) is 2.04. The number of piperazine rings is 1. The van der Waals surface area contributed by atoms with Crippen LogP contribution in [-0.4, -0.2) is 65.4 Å². The predicted molar refractivity (Wildman–Crippen MR) is 235 cm³/mol. The Morgan fingerprint density at radius 1 is 0.760 bits per heavy atom. The molecule has 4 rings (SSSR count). The molecule has 278 valence electrons. The molecule has 0 bridgehead atoms. The van der Waals surface area contributed by atoms with Crippen molar-refractivity contribution in [1.82, 2.24) is 14.7 Å². The number of nitrogens with zero attached hydrogens (tertiary/aromatic N) is 3. The molecule has 2 heterocycles. The van der Waals surface area contributed by atoms with Crippen molar-refractivity contribution in [3.8, 4) is 0 Å². The van der Waals surface area contributed by atoms with Crippen molar-refractivity contribution in [1.29, 1.82) is 0 Å². The highest BCUT2D eigenvalue weighted by molar-refractivity contribution is 8.75. The number of carbonyl (C=O) groups excluding carboxylic acids is 2. The van der Waals surface area contributed by atoms with Crippen molar-refractivity contribution in [2.24, 2.45) is 17.1 Å². The van der Waals surface area contributed by atoms with Crippen molar-refractivity contribution in [2.45, 2.75) is 52.1 Å². The highest BCUT2D eigenvalue weighted by Gasteiger charge is 2.40. The van der Waals surface area contributed by atoms with Gasteiger partial charge in [0.2, 0.25) is 5.91 Å². The monoisotopic (exact) mass is 928 g/mol. The Morgan fingerprint density at radius 2 is 1.20 bits per heavy atom. The standard InChI is InChI=1S/C29H38F2N4O2.S13/c1-29(2,3)25-19-34(16-17-35(25)26(36)18-20-12-14-33(15-13-20)28(32)37)27(21-4-8-23(30)9-5-21)22-6-10-24(31)11-7-22;1-3-5-7-9-11-13-12-10-8-6-4-2/h4-11,20,25,27H,12-19H2,1-3H3,(H2,32,37);/t25-;/m1./s1.